The fourth-order valence-electron chi connectivity index (χ4n) is 3.53. The topological polar surface area (TPSA) is 70.6 Å². The zero-order valence-corrected chi connectivity index (χ0v) is 17.1. The number of likely N-dealkylation sites (N-methyl/N-ethyl adjacent to an activating group) is 1. The first-order valence-corrected chi connectivity index (χ1v) is 11.4. The van der Waals surface area contributed by atoms with Crippen molar-refractivity contribution in [2.75, 3.05) is 13.6 Å². The Morgan fingerprint density at radius 1 is 1.18 bits per heavy atom. The second-order valence-corrected chi connectivity index (χ2v) is 9.86. The summed E-state index contributed by atoms with van der Waals surface area (Å²) in [7, 11) is -1.98. The summed E-state index contributed by atoms with van der Waals surface area (Å²) < 4.78 is 28.4. The van der Waals surface area contributed by atoms with Gasteiger partial charge in [-0.05, 0) is 37.1 Å². The molecule has 6 nitrogen and oxygen atoms in total. The molecule has 0 aliphatic carbocycles. The van der Waals surface area contributed by atoms with Crippen LogP contribution < -0.4 is 0 Å². The van der Waals surface area contributed by atoms with Crippen LogP contribution in [0.5, 0.6) is 0 Å². The van der Waals surface area contributed by atoms with Gasteiger partial charge < -0.3 is 4.90 Å². The van der Waals surface area contributed by atoms with Gasteiger partial charge in [0.2, 0.25) is 15.9 Å². The van der Waals surface area contributed by atoms with Gasteiger partial charge in [-0.3, -0.25) is 4.79 Å². The van der Waals surface area contributed by atoms with E-state index in [1.807, 2.05) is 24.3 Å². The Labute approximate surface area is 168 Å². The van der Waals surface area contributed by atoms with E-state index in [2.05, 4.69) is 4.98 Å². The summed E-state index contributed by atoms with van der Waals surface area (Å²) in [6, 6.07) is 15.5. The number of nitrogens with zero attached hydrogens (tertiary/aromatic N) is 3. The molecule has 1 amide bonds. The van der Waals surface area contributed by atoms with Gasteiger partial charge in [-0.15, -0.1) is 11.3 Å². The van der Waals surface area contributed by atoms with Crippen LogP contribution in [0.3, 0.4) is 0 Å². The van der Waals surface area contributed by atoms with Crippen molar-refractivity contribution in [3.8, 4) is 0 Å². The molecule has 28 heavy (non-hydrogen) atoms. The van der Waals surface area contributed by atoms with Gasteiger partial charge in [-0.25, -0.2) is 13.4 Å². The quantitative estimate of drug-likeness (QED) is 0.642. The van der Waals surface area contributed by atoms with Crippen molar-refractivity contribution in [3.63, 3.8) is 0 Å². The minimum Gasteiger partial charge on any atom is -0.338 e. The van der Waals surface area contributed by atoms with E-state index in [4.69, 9.17) is 0 Å². The second kappa shape index (κ2) is 7.62. The molecular weight excluding hydrogens is 394 g/mol. The Kier molecular flexibility index (Phi) is 5.18. The Morgan fingerprint density at radius 3 is 2.64 bits per heavy atom. The molecule has 4 rings (SSSR count). The number of sulfonamides is 1. The molecule has 0 radical (unpaired) electrons. The van der Waals surface area contributed by atoms with Crippen LogP contribution in [-0.2, 0) is 21.4 Å². The molecule has 8 heteroatoms. The Balaban J connectivity index is 1.53. The maximum absolute atomic E-state index is 13.0. The highest BCUT2D eigenvalue weighted by Crippen LogP contribution is 2.28. The van der Waals surface area contributed by atoms with E-state index in [0.717, 1.165) is 15.2 Å². The van der Waals surface area contributed by atoms with Gasteiger partial charge in [-0.2, -0.15) is 4.31 Å². The number of thiazole rings is 1. The Morgan fingerprint density at radius 2 is 1.89 bits per heavy atom. The molecule has 1 aliphatic heterocycles. The number of benzene rings is 2. The minimum absolute atomic E-state index is 0.184. The van der Waals surface area contributed by atoms with Crippen molar-refractivity contribution in [2.45, 2.75) is 30.3 Å². The standard InChI is InChI=1S/C20H21N3O3S2/c1-22(14-19-21-16-10-5-6-12-18(16)27-19)20(24)17-11-7-13-23(17)28(25,26)15-8-3-2-4-9-15/h2-6,8-10,12,17H,7,11,13-14H2,1H3/t17-/m0/s1. The van der Waals surface area contributed by atoms with Crippen LogP contribution in [0.15, 0.2) is 59.5 Å². The summed E-state index contributed by atoms with van der Waals surface area (Å²) in [5, 5.41) is 0.840. The third-order valence-electron chi connectivity index (χ3n) is 4.93. The first kappa shape index (κ1) is 19.0. The first-order valence-electron chi connectivity index (χ1n) is 9.13. The van der Waals surface area contributed by atoms with Crippen molar-refractivity contribution in [2.24, 2.45) is 0 Å². The monoisotopic (exact) mass is 415 g/mol. The smallest absolute Gasteiger partial charge is 0.243 e. The molecule has 146 valence electrons. The summed E-state index contributed by atoms with van der Waals surface area (Å²) in [6.07, 6.45) is 1.21. The second-order valence-electron chi connectivity index (χ2n) is 6.86. The van der Waals surface area contributed by atoms with E-state index in [0.29, 0.717) is 25.9 Å². The van der Waals surface area contributed by atoms with E-state index < -0.39 is 16.1 Å². The fraction of sp³-hybridized carbons (Fsp3) is 0.300. The molecule has 1 fully saturated rings. The van der Waals surface area contributed by atoms with Gasteiger partial charge in [0, 0.05) is 13.6 Å². The number of carbonyl (C=O) groups is 1. The summed E-state index contributed by atoms with van der Waals surface area (Å²) in [5.74, 6) is -0.184. The molecule has 3 aromatic rings. The van der Waals surface area contributed by atoms with E-state index in [1.165, 1.54) is 4.31 Å². The van der Waals surface area contributed by atoms with Crippen LogP contribution >= 0.6 is 11.3 Å². The summed E-state index contributed by atoms with van der Waals surface area (Å²) in [4.78, 5) is 19.4. The van der Waals surface area contributed by atoms with Crippen LogP contribution in [0.4, 0.5) is 0 Å². The third kappa shape index (κ3) is 3.55. The minimum atomic E-state index is -3.69. The molecule has 2 aromatic carbocycles. The fourth-order valence-corrected chi connectivity index (χ4v) is 6.22. The molecular formula is C20H21N3O3S2. The average Bonchev–Trinajstić information content (AvgIpc) is 3.35. The molecule has 1 aromatic heterocycles. The van der Waals surface area contributed by atoms with Crippen molar-refractivity contribution < 1.29 is 13.2 Å². The van der Waals surface area contributed by atoms with Gasteiger partial charge in [0.25, 0.3) is 0 Å². The summed E-state index contributed by atoms with van der Waals surface area (Å²) in [5.41, 5.74) is 0.914. The lowest BCUT2D eigenvalue weighted by Crippen LogP contribution is -2.46. The first-order chi connectivity index (χ1) is 13.5. The number of amides is 1. The molecule has 0 bridgehead atoms. The molecule has 1 saturated heterocycles. The number of hydrogen-bond donors (Lipinski definition) is 0. The van der Waals surface area contributed by atoms with E-state index >= 15 is 0 Å². The highest BCUT2D eigenvalue weighted by atomic mass is 32.2. The predicted octanol–water partition coefficient (Wildman–Crippen LogP) is 3.11. The van der Waals surface area contributed by atoms with Gasteiger partial charge in [0.05, 0.1) is 21.7 Å². The van der Waals surface area contributed by atoms with E-state index in [-0.39, 0.29) is 10.8 Å². The third-order valence-corrected chi connectivity index (χ3v) is 7.87. The number of rotatable bonds is 5. The van der Waals surface area contributed by atoms with Crippen molar-refractivity contribution in [1.29, 1.82) is 0 Å². The number of fused-ring (bicyclic) bond motifs is 1. The number of carbonyl (C=O) groups excluding carboxylic acids is 1. The zero-order valence-electron chi connectivity index (χ0n) is 15.5. The SMILES string of the molecule is CN(Cc1nc2ccccc2s1)C(=O)[C@@H]1CCCN1S(=O)(=O)c1ccccc1. The van der Waals surface area contributed by atoms with Crippen molar-refractivity contribution >= 4 is 37.5 Å². The number of hydrogen-bond acceptors (Lipinski definition) is 5. The van der Waals surface area contributed by atoms with Crippen LogP contribution in [0.1, 0.15) is 17.8 Å². The number of aromatic nitrogens is 1. The van der Waals surface area contributed by atoms with Gasteiger partial charge in [0.15, 0.2) is 0 Å². The normalized spacial score (nSPS) is 17.8. The highest BCUT2D eigenvalue weighted by molar-refractivity contribution is 7.89. The van der Waals surface area contributed by atoms with Crippen molar-refractivity contribution in [3.05, 3.63) is 59.6 Å². The Hall–Kier alpha value is -2.29. The summed E-state index contributed by atoms with van der Waals surface area (Å²) >= 11 is 1.55. The van der Waals surface area contributed by atoms with Crippen LogP contribution in [0, 0.1) is 0 Å². The lowest BCUT2D eigenvalue weighted by Gasteiger charge is -2.27. The molecule has 1 aliphatic rings. The largest absolute Gasteiger partial charge is 0.338 e. The maximum atomic E-state index is 13.0. The molecule has 0 saturated carbocycles. The Bertz CT molecular complexity index is 1060. The van der Waals surface area contributed by atoms with Crippen LogP contribution in [0.25, 0.3) is 10.2 Å². The summed E-state index contributed by atoms with van der Waals surface area (Å²) in [6.45, 7) is 0.733. The molecule has 1 atom stereocenters. The molecule has 0 unspecified atom stereocenters. The van der Waals surface area contributed by atoms with Gasteiger partial charge in [0.1, 0.15) is 11.0 Å². The molecule has 0 N–H and O–H groups in total. The van der Waals surface area contributed by atoms with Crippen LogP contribution in [0.2, 0.25) is 0 Å². The van der Waals surface area contributed by atoms with Gasteiger partial charge >= 0.3 is 0 Å². The van der Waals surface area contributed by atoms with E-state index in [9.17, 15) is 13.2 Å². The maximum Gasteiger partial charge on any atom is 0.243 e. The number of para-hydroxylation sites is 1. The van der Waals surface area contributed by atoms with Crippen molar-refractivity contribution in [1.82, 2.24) is 14.2 Å². The zero-order chi connectivity index (χ0) is 19.7. The average molecular weight is 416 g/mol. The van der Waals surface area contributed by atoms with E-state index in [1.54, 1.807) is 53.6 Å². The highest BCUT2D eigenvalue weighted by Gasteiger charge is 2.40. The molecule has 2 heterocycles. The molecule has 0 spiro atoms. The predicted molar refractivity (Wildman–Crippen MR) is 109 cm³/mol. The van der Waals surface area contributed by atoms with Crippen LogP contribution in [-0.4, -0.2) is 48.1 Å². The lowest BCUT2D eigenvalue weighted by atomic mass is 10.2. The lowest BCUT2D eigenvalue weighted by molar-refractivity contribution is -0.133. The van der Waals surface area contributed by atoms with Gasteiger partial charge in [-0.1, -0.05) is 30.3 Å².